The molecule has 4 aromatic rings. The molecule has 5 rings (SSSR count). The van der Waals surface area contributed by atoms with Gasteiger partial charge in [0.1, 0.15) is 18.4 Å². The fraction of sp³-hybridized carbons (Fsp3) is 0.214. The molecular weight excluding hydrogens is 442 g/mol. The minimum absolute atomic E-state index is 0.176. The molecule has 35 heavy (non-hydrogen) atoms. The number of ether oxygens (including phenoxy) is 2. The van der Waals surface area contributed by atoms with Crippen LogP contribution in [0, 0.1) is 0 Å². The number of aromatic nitrogens is 1. The monoisotopic (exact) mass is 469 g/mol. The van der Waals surface area contributed by atoms with Crippen LogP contribution in [0.4, 0.5) is 10.5 Å². The van der Waals surface area contributed by atoms with Gasteiger partial charge in [0.05, 0.1) is 7.11 Å². The highest BCUT2D eigenvalue weighted by Crippen LogP contribution is 2.31. The van der Waals surface area contributed by atoms with Gasteiger partial charge in [0, 0.05) is 30.0 Å². The predicted molar refractivity (Wildman–Crippen MR) is 135 cm³/mol. The topological polar surface area (TPSA) is 83.7 Å². The van der Waals surface area contributed by atoms with E-state index in [4.69, 9.17) is 9.47 Å². The van der Waals surface area contributed by atoms with Gasteiger partial charge in [0.25, 0.3) is 0 Å². The van der Waals surface area contributed by atoms with E-state index in [0.29, 0.717) is 24.4 Å². The number of methoxy groups -OCH3 is 1. The van der Waals surface area contributed by atoms with Crippen LogP contribution in [0.1, 0.15) is 18.4 Å². The van der Waals surface area contributed by atoms with Crippen LogP contribution >= 0.6 is 0 Å². The number of amides is 2. The Morgan fingerprint density at radius 1 is 1.03 bits per heavy atom. The second-order valence-electron chi connectivity index (χ2n) is 8.61. The van der Waals surface area contributed by atoms with Gasteiger partial charge in [-0.05, 0) is 65.3 Å². The quantitative estimate of drug-likeness (QED) is 0.386. The van der Waals surface area contributed by atoms with Crippen LogP contribution < -0.4 is 10.1 Å². The third-order valence-electron chi connectivity index (χ3n) is 6.29. The van der Waals surface area contributed by atoms with E-state index in [0.717, 1.165) is 34.0 Å². The third kappa shape index (κ3) is 4.99. The van der Waals surface area contributed by atoms with Crippen LogP contribution in [-0.4, -0.2) is 41.6 Å². The molecule has 1 aliphatic heterocycles. The fourth-order valence-corrected chi connectivity index (χ4v) is 4.47. The number of H-pyrrole nitrogens is 1. The Kier molecular flexibility index (Phi) is 6.39. The first-order chi connectivity index (χ1) is 17.1. The van der Waals surface area contributed by atoms with E-state index >= 15 is 0 Å². The van der Waals surface area contributed by atoms with Crippen LogP contribution in [0.15, 0.2) is 79.0 Å². The van der Waals surface area contributed by atoms with E-state index in [2.05, 4.69) is 16.4 Å². The van der Waals surface area contributed by atoms with Crippen LogP contribution in [0.2, 0.25) is 0 Å². The number of nitrogens with one attached hydrogen (secondary N) is 2. The number of fused-ring (bicyclic) bond motifs is 1. The summed E-state index contributed by atoms with van der Waals surface area (Å²) in [6.07, 6.45) is 2.77. The molecule has 7 nitrogen and oxygen atoms in total. The lowest BCUT2D eigenvalue weighted by molar-refractivity contribution is -0.120. The average Bonchev–Trinajstić information content (AvgIpc) is 3.57. The number of benzene rings is 3. The Hall–Kier alpha value is -4.26. The fourth-order valence-electron chi connectivity index (χ4n) is 4.47. The van der Waals surface area contributed by atoms with Gasteiger partial charge < -0.3 is 19.8 Å². The Morgan fingerprint density at radius 2 is 1.89 bits per heavy atom. The summed E-state index contributed by atoms with van der Waals surface area (Å²) in [4.78, 5) is 30.6. The van der Waals surface area contributed by atoms with Crippen molar-refractivity contribution in [1.29, 1.82) is 0 Å². The number of hydrogen-bond acceptors (Lipinski definition) is 4. The number of nitrogens with zero attached hydrogens (tertiary/aromatic N) is 1. The van der Waals surface area contributed by atoms with Crippen molar-refractivity contribution >= 4 is 28.6 Å². The number of carbonyl (C=O) groups excluding carboxylic acids is 2. The molecule has 2 heterocycles. The average molecular weight is 470 g/mol. The van der Waals surface area contributed by atoms with E-state index in [1.807, 2.05) is 66.9 Å². The molecule has 1 fully saturated rings. The van der Waals surface area contributed by atoms with Gasteiger partial charge in [-0.15, -0.1) is 0 Å². The highest BCUT2D eigenvalue weighted by molar-refractivity contribution is 5.97. The van der Waals surface area contributed by atoms with Gasteiger partial charge in [-0.25, -0.2) is 4.79 Å². The zero-order chi connectivity index (χ0) is 24.2. The molecular formula is C28H27N3O4. The molecule has 1 aromatic heterocycles. The summed E-state index contributed by atoms with van der Waals surface area (Å²) >= 11 is 0. The summed E-state index contributed by atoms with van der Waals surface area (Å²) in [6, 6.07) is 22.7. The Balaban J connectivity index is 1.31. The van der Waals surface area contributed by atoms with Crippen LogP contribution in [0.25, 0.3) is 22.0 Å². The first kappa shape index (κ1) is 22.5. The van der Waals surface area contributed by atoms with Crippen LogP contribution in [-0.2, 0) is 16.1 Å². The minimum atomic E-state index is -0.580. The summed E-state index contributed by atoms with van der Waals surface area (Å²) < 4.78 is 11.0. The molecule has 0 aliphatic carbocycles. The van der Waals surface area contributed by atoms with Crippen molar-refractivity contribution in [2.75, 3.05) is 19.0 Å². The van der Waals surface area contributed by atoms with Crippen molar-refractivity contribution in [3.63, 3.8) is 0 Å². The smallest absolute Gasteiger partial charge is 0.410 e. The number of carbonyl (C=O) groups is 2. The Morgan fingerprint density at radius 3 is 2.71 bits per heavy atom. The maximum Gasteiger partial charge on any atom is 0.410 e. The lowest BCUT2D eigenvalue weighted by Gasteiger charge is -2.23. The molecule has 0 bridgehead atoms. The standard InChI is InChI=1S/C28H27N3O4/c1-34-24-16-22(20-9-10-25-21(14-20)11-12-29-25)15-23(17-24)30-27(32)26-8-5-13-31(26)28(33)35-18-19-6-3-2-4-7-19/h2-4,6-7,9-12,14-17,26,29H,5,8,13,18H2,1H3,(H,30,32)/t26-/m0/s1. The zero-order valence-electron chi connectivity index (χ0n) is 19.5. The molecule has 1 saturated heterocycles. The molecule has 2 N–H and O–H groups in total. The van der Waals surface area contributed by atoms with Gasteiger partial charge in [-0.1, -0.05) is 36.4 Å². The van der Waals surface area contributed by atoms with Gasteiger partial charge >= 0.3 is 6.09 Å². The van der Waals surface area contributed by atoms with E-state index < -0.39 is 12.1 Å². The van der Waals surface area contributed by atoms with E-state index in [9.17, 15) is 9.59 Å². The first-order valence-electron chi connectivity index (χ1n) is 11.7. The van der Waals surface area contributed by atoms with Gasteiger partial charge in [-0.3, -0.25) is 9.69 Å². The predicted octanol–water partition coefficient (Wildman–Crippen LogP) is 5.58. The van der Waals surface area contributed by atoms with Crippen molar-refractivity contribution in [1.82, 2.24) is 9.88 Å². The largest absolute Gasteiger partial charge is 0.497 e. The molecule has 1 aliphatic rings. The van der Waals surface area contributed by atoms with Gasteiger partial charge in [-0.2, -0.15) is 0 Å². The summed E-state index contributed by atoms with van der Waals surface area (Å²) in [5.41, 5.74) is 4.52. The second-order valence-corrected chi connectivity index (χ2v) is 8.61. The second kappa shape index (κ2) is 9.93. The number of aromatic amines is 1. The number of likely N-dealkylation sites (tertiary alicyclic amines) is 1. The first-order valence-corrected chi connectivity index (χ1v) is 11.7. The summed E-state index contributed by atoms with van der Waals surface area (Å²) in [7, 11) is 1.60. The highest BCUT2D eigenvalue weighted by atomic mass is 16.6. The van der Waals surface area contributed by atoms with E-state index in [1.54, 1.807) is 13.2 Å². The van der Waals surface area contributed by atoms with Crippen molar-refractivity contribution in [2.24, 2.45) is 0 Å². The molecule has 0 unspecified atom stereocenters. The van der Waals surface area contributed by atoms with E-state index in [1.165, 1.54) is 4.90 Å². The lowest BCUT2D eigenvalue weighted by atomic mass is 10.0. The molecule has 3 aromatic carbocycles. The SMILES string of the molecule is COc1cc(NC(=O)[C@@H]2CCCN2C(=O)OCc2ccccc2)cc(-c2ccc3[nH]ccc3c2)c1. The van der Waals surface area contributed by atoms with Crippen molar-refractivity contribution in [2.45, 2.75) is 25.5 Å². The molecule has 1 atom stereocenters. The lowest BCUT2D eigenvalue weighted by Crippen LogP contribution is -2.43. The number of anilines is 1. The summed E-state index contributed by atoms with van der Waals surface area (Å²) in [6.45, 7) is 0.668. The van der Waals surface area contributed by atoms with Crippen molar-refractivity contribution in [3.8, 4) is 16.9 Å². The summed E-state index contributed by atoms with van der Waals surface area (Å²) in [5.74, 6) is 0.400. The molecule has 0 spiro atoms. The van der Waals surface area contributed by atoms with E-state index in [-0.39, 0.29) is 12.5 Å². The van der Waals surface area contributed by atoms with Crippen molar-refractivity contribution in [3.05, 3.63) is 84.6 Å². The van der Waals surface area contributed by atoms with Gasteiger partial charge in [0.15, 0.2) is 0 Å². The minimum Gasteiger partial charge on any atom is -0.497 e. The zero-order valence-corrected chi connectivity index (χ0v) is 19.5. The summed E-state index contributed by atoms with van der Waals surface area (Å²) in [5, 5.41) is 4.09. The Bertz CT molecular complexity index is 1350. The highest BCUT2D eigenvalue weighted by Gasteiger charge is 2.35. The molecule has 0 radical (unpaired) electrons. The van der Waals surface area contributed by atoms with Crippen molar-refractivity contribution < 1.29 is 19.1 Å². The van der Waals surface area contributed by atoms with Crippen LogP contribution in [0.5, 0.6) is 5.75 Å². The normalized spacial score (nSPS) is 15.2. The number of rotatable bonds is 6. The third-order valence-corrected chi connectivity index (χ3v) is 6.29. The molecule has 7 heteroatoms. The maximum absolute atomic E-state index is 13.2. The Labute approximate surface area is 203 Å². The van der Waals surface area contributed by atoms with Gasteiger partial charge in [0.2, 0.25) is 5.91 Å². The molecule has 0 saturated carbocycles. The maximum atomic E-state index is 13.2. The number of hydrogen-bond donors (Lipinski definition) is 2. The van der Waals surface area contributed by atoms with Crippen LogP contribution in [0.3, 0.4) is 0 Å². The molecule has 2 amide bonds. The molecule has 178 valence electrons.